The molecule has 1 N–H and O–H groups in total. The highest BCUT2D eigenvalue weighted by atomic mass is 16.2. The fraction of sp³-hybridized carbons (Fsp3) is 0.938. The van der Waals surface area contributed by atoms with Crippen molar-refractivity contribution in [3.8, 4) is 0 Å². The van der Waals surface area contributed by atoms with Crippen LogP contribution in [0.3, 0.4) is 0 Å². The molecule has 0 aromatic rings. The van der Waals surface area contributed by atoms with Gasteiger partial charge >= 0.3 is 0 Å². The predicted molar refractivity (Wildman–Crippen MR) is 76.8 cm³/mol. The van der Waals surface area contributed by atoms with E-state index in [9.17, 15) is 4.79 Å². The van der Waals surface area contributed by atoms with E-state index in [0.717, 1.165) is 38.0 Å². The molecule has 0 radical (unpaired) electrons. The topological polar surface area (TPSA) is 32.3 Å². The summed E-state index contributed by atoms with van der Waals surface area (Å²) in [5.74, 6) is 3.11. The molecule has 2 aliphatic carbocycles. The van der Waals surface area contributed by atoms with Crippen LogP contribution in [0.15, 0.2) is 0 Å². The van der Waals surface area contributed by atoms with Crippen molar-refractivity contribution in [1.29, 1.82) is 0 Å². The first-order valence-electron chi connectivity index (χ1n) is 8.27. The van der Waals surface area contributed by atoms with Gasteiger partial charge in [0.15, 0.2) is 0 Å². The lowest BCUT2D eigenvalue weighted by Crippen LogP contribution is -2.44. The molecule has 1 amide bonds. The molecule has 108 valence electrons. The first-order chi connectivity index (χ1) is 9.28. The molecule has 0 aromatic carbocycles. The van der Waals surface area contributed by atoms with Crippen LogP contribution < -0.4 is 5.32 Å². The van der Waals surface area contributed by atoms with E-state index in [0.29, 0.717) is 17.7 Å². The maximum atomic E-state index is 12.7. The van der Waals surface area contributed by atoms with Crippen molar-refractivity contribution in [3.63, 3.8) is 0 Å². The molecule has 3 rings (SSSR count). The molecule has 1 saturated heterocycles. The highest BCUT2D eigenvalue weighted by Crippen LogP contribution is 2.48. The second kappa shape index (κ2) is 5.82. The highest BCUT2D eigenvalue weighted by molar-refractivity contribution is 5.79. The van der Waals surface area contributed by atoms with Crippen LogP contribution in [0, 0.1) is 23.7 Å². The van der Waals surface area contributed by atoms with Crippen LogP contribution >= 0.6 is 0 Å². The van der Waals surface area contributed by atoms with Crippen molar-refractivity contribution in [2.75, 3.05) is 26.2 Å². The van der Waals surface area contributed by atoms with Gasteiger partial charge in [-0.1, -0.05) is 6.42 Å². The Kier molecular flexibility index (Phi) is 4.11. The molecule has 3 nitrogen and oxygen atoms in total. The van der Waals surface area contributed by atoms with Crippen molar-refractivity contribution in [2.24, 2.45) is 23.7 Å². The Morgan fingerprint density at radius 1 is 1.26 bits per heavy atom. The molecular weight excluding hydrogens is 236 g/mol. The number of nitrogens with one attached hydrogen (secondary N) is 1. The van der Waals surface area contributed by atoms with Gasteiger partial charge in [0.1, 0.15) is 0 Å². The molecule has 3 aliphatic rings. The summed E-state index contributed by atoms with van der Waals surface area (Å²) in [6.07, 6.45) is 7.76. The molecular formula is C16H28N2O. The maximum Gasteiger partial charge on any atom is 0.225 e. The van der Waals surface area contributed by atoms with E-state index in [1.807, 2.05) is 0 Å². The zero-order chi connectivity index (χ0) is 13.2. The summed E-state index contributed by atoms with van der Waals surface area (Å²) in [6.45, 7) is 6.27. The summed E-state index contributed by atoms with van der Waals surface area (Å²) in [5.41, 5.74) is 0. The van der Waals surface area contributed by atoms with Crippen LogP contribution in [0.4, 0.5) is 0 Å². The Morgan fingerprint density at radius 3 is 2.74 bits per heavy atom. The molecule has 4 atom stereocenters. The van der Waals surface area contributed by atoms with Crippen molar-refractivity contribution in [1.82, 2.24) is 10.2 Å². The van der Waals surface area contributed by atoms with E-state index < -0.39 is 0 Å². The van der Waals surface area contributed by atoms with E-state index in [4.69, 9.17) is 0 Å². The number of piperidine rings is 1. The van der Waals surface area contributed by atoms with Crippen LogP contribution in [0.5, 0.6) is 0 Å². The van der Waals surface area contributed by atoms with Crippen molar-refractivity contribution in [3.05, 3.63) is 0 Å². The van der Waals surface area contributed by atoms with Crippen LogP contribution in [0.2, 0.25) is 0 Å². The summed E-state index contributed by atoms with van der Waals surface area (Å²) in [5, 5.41) is 3.46. The van der Waals surface area contributed by atoms with Gasteiger partial charge in [-0.3, -0.25) is 4.79 Å². The number of rotatable bonds is 4. The molecule has 0 aromatic heterocycles. The third kappa shape index (κ3) is 2.81. The molecule has 1 aliphatic heterocycles. The zero-order valence-electron chi connectivity index (χ0n) is 12.2. The number of fused-ring (bicyclic) bond motifs is 2. The lowest BCUT2D eigenvalue weighted by atomic mass is 9.87. The SMILES string of the molecule is CCN(CC1CCCNC1)C(=O)C1CC2CCC1C2. The largest absolute Gasteiger partial charge is 0.342 e. The van der Waals surface area contributed by atoms with Gasteiger partial charge in [0, 0.05) is 19.0 Å². The first-order valence-corrected chi connectivity index (χ1v) is 8.27. The predicted octanol–water partition coefficient (Wildman–Crippen LogP) is 2.27. The van der Waals surface area contributed by atoms with E-state index in [1.54, 1.807) is 0 Å². The molecule has 19 heavy (non-hydrogen) atoms. The quantitative estimate of drug-likeness (QED) is 0.845. The van der Waals surface area contributed by atoms with Gasteiger partial charge in [-0.2, -0.15) is 0 Å². The second-order valence-electron chi connectivity index (χ2n) is 6.87. The second-order valence-corrected chi connectivity index (χ2v) is 6.87. The summed E-state index contributed by atoms with van der Waals surface area (Å²) in [6, 6.07) is 0. The fourth-order valence-electron chi connectivity index (χ4n) is 4.55. The summed E-state index contributed by atoms with van der Waals surface area (Å²) in [4.78, 5) is 14.9. The standard InChI is InChI=1S/C16H28N2O/c1-2-18(11-13-4-3-7-17-10-13)16(19)15-9-12-5-6-14(15)8-12/h12-15,17H,2-11H2,1H3. The Balaban J connectivity index is 1.56. The minimum atomic E-state index is 0.371. The van der Waals surface area contributed by atoms with Gasteiger partial charge in [0.2, 0.25) is 5.91 Å². The number of amides is 1. The molecule has 1 heterocycles. The van der Waals surface area contributed by atoms with Gasteiger partial charge < -0.3 is 10.2 Å². The average molecular weight is 264 g/mol. The Hall–Kier alpha value is -0.570. The van der Waals surface area contributed by atoms with E-state index in [1.165, 1.54) is 38.5 Å². The van der Waals surface area contributed by atoms with Crippen LogP contribution in [-0.2, 0) is 4.79 Å². The normalized spacial score (nSPS) is 37.5. The van der Waals surface area contributed by atoms with E-state index >= 15 is 0 Å². The summed E-state index contributed by atoms with van der Waals surface area (Å²) >= 11 is 0. The molecule has 4 unspecified atom stereocenters. The number of carbonyl (C=O) groups is 1. The van der Waals surface area contributed by atoms with Gasteiger partial charge in [-0.05, 0) is 69.9 Å². The number of hydrogen-bond acceptors (Lipinski definition) is 2. The minimum absolute atomic E-state index is 0.371. The van der Waals surface area contributed by atoms with Crippen molar-refractivity contribution >= 4 is 5.91 Å². The number of hydrogen-bond donors (Lipinski definition) is 1. The maximum absolute atomic E-state index is 12.7. The Bertz CT molecular complexity index is 325. The third-order valence-electron chi connectivity index (χ3n) is 5.63. The molecule has 3 fully saturated rings. The Morgan fingerprint density at radius 2 is 2.16 bits per heavy atom. The number of nitrogens with zero attached hydrogens (tertiary/aromatic N) is 1. The van der Waals surface area contributed by atoms with Gasteiger partial charge in [0.25, 0.3) is 0 Å². The average Bonchev–Trinajstić information content (AvgIpc) is 3.08. The van der Waals surface area contributed by atoms with Gasteiger partial charge in [-0.25, -0.2) is 0 Å². The van der Waals surface area contributed by atoms with Crippen LogP contribution in [-0.4, -0.2) is 37.0 Å². The molecule has 2 saturated carbocycles. The third-order valence-corrected chi connectivity index (χ3v) is 5.63. The van der Waals surface area contributed by atoms with Crippen molar-refractivity contribution in [2.45, 2.75) is 45.4 Å². The van der Waals surface area contributed by atoms with Crippen LogP contribution in [0.1, 0.15) is 45.4 Å². The first kappa shape index (κ1) is 13.4. The fourth-order valence-corrected chi connectivity index (χ4v) is 4.55. The minimum Gasteiger partial charge on any atom is -0.342 e. The zero-order valence-corrected chi connectivity index (χ0v) is 12.2. The smallest absolute Gasteiger partial charge is 0.225 e. The summed E-state index contributed by atoms with van der Waals surface area (Å²) < 4.78 is 0. The molecule has 2 bridgehead atoms. The lowest BCUT2D eigenvalue weighted by Gasteiger charge is -2.33. The summed E-state index contributed by atoms with van der Waals surface area (Å²) in [7, 11) is 0. The van der Waals surface area contributed by atoms with Crippen LogP contribution in [0.25, 0.3) is 0 Å². The lowest BCUT2D eigenvalue weighted by molar-refractivity contribution is -0.137. The molecule has 0 spiro atoms. The van der Waals surface area contributed by atoms with E-state index in [2.05, 4.69) is 17.1 Å². The highest BCUT2D eigenvalue weighted by Gasteiger charge is 2.44. The Labute approximate surface area is 117 Å². The monoisotopic (exact) mass is 264 g/mol. The van der Waals surface area contributed by atoms with E-state index in [-0.39, 0.29) is 0 Å². The van der Waals surface area contributed by atoms with Crippen molar-refractivity contribution < 1.29 is 4.79 Å². The van der Waals surface area contributed by atoms with Gasteiger partial charge in [0.05, 0.1) is 0 Å². The van der Waals surface area contributed by atoms with Gasteiger partial charge in [-0.15, -0.1) is 0 Å². The number of carbonyl (C=O) groups excluding carboxylic acids is 1. The molecule has 3 heteroatoms.